The lowest BCUT2D eigenvalue weighted by Crippen LogP contribution is -2.55. The van der Waals surface area contributed by atoms with Crippen LogP contribution in [0.4, 0.5) is 30.6 Å². The van der Waals surface area contributed by atoms with Crippen molar-refractivity contribution in [3.63, 3.8) is 0 Å². The van der Waals surface area contributed by atoms with Gasteiger partial charge in [0.05, 0.1) is 17.6 Å². The first kappa shape index (κ1) is 24.8. The number of aromatic nitrogens is 6. The molecule has 13 heteroatoms. The van der Waals surface area contributed by atoms with Gasteiger partial charge in [-0.1, -0.05) is 0 Å². The van der Waals surface area contributed by atoms with Gasteiger partial charge in [-0.3, -0.25) is 4.90 Å². The fourth-order valence-electron chi connectivity index (χ4n) is 5.95. The summed E-state index contributed by atoms with van der Waals surface area (Å²) < 4.78 is 46.2. The van der Waals surface area contributed by atoms with Crippen molar-refractivity contribution >= 4 is 17.5 Å². The summed E-state index contributed by atoms with van der Waals surface area (Å²) in [6.07, 6.45) is 3.79. The van der Waals surface area contributed by atoms with Crippen LogP contribution in [0.15, 0.2) is 23.1 Å². The monoisotopic (exact) mass is 529 g/mol. The molecule has 202 valence electrons. The van der Waals surface area contributed by atoms with Gasteiger partial charge in [0.15, 0.2) is 11.6 Å². The first-order valence-corrected chi connectivity index (χ1v) is 12.9. The van der Waals surface area contributed by atoms with Crippen molar-refractivity contribution in [3.05, 3.63) is 46.0 Å². The highest BCUT2D eigenvalue weighted by molar-refractivity contribution is 5.62. The SMILES string of the molecule is Cn1nnn(-c2cc(Nc3ncc(F)c(NC4C[C@@H]5C[C@@H](F)CN5C(C)(C)C4)n3)c(F)cc2C2CC2)c1=O. The number of hydrogen-bond acceptors (Lipinski definition) is 8. The summed E-state index contributed by atoms with van der Waals surface area (Å²) in [5.74, 6) is -1.06. The third-order valence-electron chi connectivity index (χ3n) is 7.86. The van der Waals surface area contributed by atoms with Crippen LogP contribution in [0.25, 0.3) is 5.69 Å². The third-order valence-corrected chi connectivity index (χ3v) is 7.86. The van der Waals surface area contributed by atoms with Crippen LogP contribution in [0.2, 0.25) is 0 Å². The molecule has 6 rings (SSSR count). The van der Waals surface area contributed by atoms with Gasteiger partial charge in [0.1, 0.15) is 12.0 Å². The molecule has 2 saturated heterocycles. The normalized spacial score (nSPS) is 24.8. The summed E-state index contributed by atoms with van der Waals surface area (Å²) >= 11 is 0. The van der Waals surface area contributed by atoms with Crippen molar-refractivity contribution in [1.29, 1.82) is 0 Å². The van der Waals surface area contributed by atoms with E-state index >= 15 is 4.39 Å². The second kappa shape index (κ2) is 9.07. The number of alkyl halides is 1. The number of nitrogens with one attached hydrogen (secondary N) is 2. The molecule has 1 saturated carbocycles. The van der Waals surface area contributed by atoms with Crippen molar-refractivity contribution in [2.75, 3.05) is 17.2 Å². The molecule has 3 atom stereocenters. The number of tetrazole rings is 1. The van der Waals surface area contributed by atoms with Crippen molar-refractivity contribution < 1.29 is 13.2 Å². The standard InChI is InChI=1S/C25H30F3N9O/c1-25(2)10-15(7-16-6-14(26)12-36(16)25)30-22-19(28)11-29-23(32-22)31-20-9-21(37-24(38)35(3)33-34-37)17(8-18(20)27)13-4-5-13/h8-9,11,13-16H,4-7,10,12H2,1-3H3,(H2,29,30,31,32)/t14-,15?,16+/m1/s1. The molecule has 1 unspecified atom stereocenters. The highest BCUT2D eigenvalue weighted by Gasteiger charge is 2.46. The number of halogens is 3. The minimum absolute atomic E-state index is 0.00748. The number of rotatable bonds is 6. The number of anilines is 3. The maximum absolute atomic E-state index is 15.1. The lowest BCUT2D eigenvalue weighted by atomic mass is 9.84. The van der Waals surface area contributed by atoms with Crippen LogP contribution in [0.1, 0.15) is 57.4 Å². The van der Waals surface area contributed by atoms with E-state index in [4.69, 9.17) is 0 Å². The zero-order valence-corrected chi connectivity index (χ0v) is 21.5. The number of benzene rings is 1. The summed E-state index contributed by atoms with van der Waals surface area (Å²) in [6.45, 7) is 4.57. The Labute approximate surface area is 217 Å². The first-order chi connectivity index (χ1) is 18.1. The van der Waals surface area contributed by atoms with E-state index in [2.05, 4.69) is 49.8 Å². The van der Waals surface area contributed by atoms with Gasteiger partial charge in [0.2, 0.25) is 5.95 Å². The average molecular weight is 530 g/mol. The van der Waals surface area contributed by atoms with Crippen molar-refractivity contribution in [1.82, 2.24) is 34.7 Å². The first-order valence-electron chi connectivity index (χ1n) is 12.9. The van der Waals surface area contributed by atoms with Gasteiger partial charge >= 0.3 is 5.69 Å². The summed E-state index contributed by atoms with van der Waals surface area (Å²) in [5.41, 5.74) is 0.423. The Morgan fingerprint density at radius 3 is 2.61 bits per heavy atom. The van der Waals surface area contributed by atoms with Crippen LogP contribution >= 0.6 is 0 Å². The van der Waals surface area contributed by atoms with E-state index in [1.54, 1.807) is 0 Å². The predicted octanol–water partition coefficient (Wildman–Crippen LogP) is 3.42. The molecule has 0 spiro atoms. The van der Waals surface area contributed by atoms with Crippen LogP contribution in [0, 0.1) is 11.6 Å². The molecule has 2 aromatic heterocycles. The molecule has 0 radical (unpaired) electrons. The molecule has 2 N–H and O–H groups in total. The maximum Gasteiger partial charge on any atom is 0.368 e. The zero-order valence-electron chi connectivity index (χ0n) is 21.5. The van der Waals surface area contributed by atoms with Gasteiger partial charge in [-0.15, -0.1) is 0 Å². The smallest absolute Gasteiger partial charge is 0.365 e. The molecule has 38 heavy (non-hydrogen) atoms. The molecule has 4 heterocycles. The third kappa shape index (κ3) is 4.52. The Morgan fingerprint density at radius 1 is 1.11 bits per heavy atom. The van der Waals surface area contributed by atoms with Gasteiger partial charge in [0, 0.05) is 31.2 Å². The van der Waals surface area contributed by atoms with Gasteiger partial charge in [-0.2, -0.15) is 14.3 Å². The minimum Gasteiger partial charge on any atom is -0.365 e. The summed E-state index contributed by atoms with van der Waals surface area (Å²) in [4.78, 5) is 23.0. The van der Waals surface area contributed by atoms with E-state index in [0.29, 0.717) is 37.1 Å². The van der Waals surface area contributed by atoms with Crippen molar-refractivity contribution in [3.8, 4) is 5.69 Å². The van der Waals surface area contributed by atoms with E-state index in [1.807, 2.05) is 0 Å². The fraction of sp³-hybridized carbons (Fsp3) is 0.560. The maximum atomic E-state index is 15.1. The molecule has 3 aliphatic rings. The molecule has 1 aromatic carbocycles. The van der Waals surface area contributed by atoms with Crippen LogP contribution in [0.5, 0.6) is 0 Å². The quantitative estimate of drug-likeness (QED) is 0.501. The molecule has 0 amide bonds. The van der Waals surface area contributed by atoms with Crippen LogP contribution in [-0.2, 0) is 7.05 Å². The van der Waals surface area contributed by atoms with E-state index < -0.39 is 23.5 Å². The molecular formula is C25H30F3N9O. The van der Waals surface area contributed by atoms with Gasteiger partial charge < -0.3 is 10.6 Å². The highest BCUT2D eigenvalue weighted by Crippen LogP contribution is 2.44. The van der Waals surface area contributed by atoms with Gasteiger partial charge in [-0.25, -0.2) is 22.9 Å². The average Bonchev–Trinajstić information content (AvgIpc) is 3.55. The predicted molar refractivity (Wildman–Crippen MR) is 135 cm³/mol. The number of nitrogens with zero attached hydrogens (tertiary/aromatic N) is 7. The Balaban J connectivity index is 1.26. The molecular weight excluding hydrogens is 499 g/mol. The minimum atomic E-state index is -0.853. The van der Waals surface area contributed by atoms with Crippen LogP contribution < -0.4 is 16.3 Å². The molecule has 0 bridgehead atoms. The lowest BCUT2D eigenvalue weighted by molar-refractivity contribution is 0.0475. The second-order valence-corrected chi connectivity index (χ2v) is 11.2. The van der Waals surface area contributed by atoms with Gasteiger partial charge in [0.25, 0.3) is 0 Å². The Hall–Kier alpha value is -3.48. The second-order valence-electron chi connectivity index (χ2n) is 11.2. The molecule has 3 fully saturated rings. The Kier molecular flexibility index (Phi) is 5.93. The number of fused-ring (bicyclic) bond motifs is 1. The number of aryl methyl sites for hydroxylation is 1. The summed E-state index contributed by atoms with van der Waals surface area (Å²) in [6, 6.07) is 2.83. The largest absolute Gasteiger partial charge is 0.368 e. The zero-order chi connectivity index (χ0) is 26.8. The van der Waals surface area contributed by atoms with Crippen molar-refractivity contribution in [2.24, 2.45) is 7.05 Å². The Bertz CT molecular complexity index is 1430. The Morgan fingerprint density at radius 2 is 1.89 bits per heavy atom. The van der Waals surface area contributed by atoms with E-state index in [1.165, 1.54) is 19.2 Å². The number of hydrogen-bond donors (Lipinski definition) is 2. The fourth-order valence-corrected chi connectivity index (χ4v) is 5.95. The summed E-state index contributed by atoms with van der Waals surface area (Å²) in [7, 11) is 1.49. The highest BCUT2D eigenvalue weighted by atomic mass is 19.1. The van der Waals surface area contributed by atoms with Gasteiger partial charge in [-0.05, 0) is 80.0 Å². The molecule has 2 aliphatic heterocycles. The van der Waals surface area contributed by atoms with E-state index in [-0.39, 0.29) is 41.0 Å². The molecule has 3 aromatic rings. The topological polar surface area (TPSA) is 106 Å². The lowest BCUT2D eigenvalue weighted by Gasteiger charge is -2.47. The van der Waals surface area contributed by atoms with Crippen LogP contribution in [0.3, 0.4) is 0 Å². The van der Waals surface area contributed by atoms with Crippen molar-refractivity contribution in [2.45, 2.75) is 75.7 Å². The molecule has 1 aliphatic carbocycles. The van der Waals surface area contributed by atoms with E-state index in [9.17, 15) is 13.6 Å². The van der Waals surface area contributed by atoms with E-state index in [0.717, 1.165) is 28.4 Å². The number of piperidine rings is 1. The van der Waals surface area contributed by atoms with Crippen LogP contribution in [-0.4, -0.2) is 65.0 Å². The summed E-state index contributed by atoms with van der Waals surface area (Å²) in [5, 5.41) is 13.7. The molecule has 10 nitrogen and oxygen atoms in total.